The van der Waals surface area contributed by atoms with Gasteiger partial charge in [0.1, 0.15) is 13.2 Å². The van der Waals surface area contributed by atoms with Crippen molar-refractivity contribution in [3.63, 3.8) is 0 Å². The lowest BCUT2D eigenvalue weighted by Crippen LogP contribution is -2.18. The van der Waals surface area contributed by atoms with E-state index >= 15 is 0 Å². The molecule has 0 fully saturated rings. The summed E-state index contributed by atoms with van der Waals surface area (Å²) in [5.74, 6) is 2.37. The van der Waals surface area contributed by atoms with Crippen LogP contribution >= 0.6 is 27.7 Å². The zero-order valence-electron chi connectivity index (χ0n) is 10.1. The van der Waals surface area contributed by atoms with Crippen LogP contribution in [-0.4, -0.2) is 23.6 Å². The number of hydrogen-bond acceptors (Lipinski definition) is 4. The molecule has 0 spiro atoms. The molecule has 1 aromatic rings. The summed E-state index contributed by atoms with van der Waals surface area (Å²) in [7, 11) is 0. The summed E-state index contributed by atoms with van der Waals surface area (Å²) in [5, 5.41) is 10.9. The van der Waals surface area contributed by atoms with Gasteiger partial charge in [-0.05, 0) is 18.1 Å². The molecule has 0 saturated heterocycles. The second kappa shape index (κ2) is 4.94. The van der Waals surface area contributed by atoms with E-state index < -0.39 is 6.10 Å². The van der Waals surface area contributed by atoms with E-state index in [0.717, 1.165) is 39.3 Å². The number of hydrogen-bond donors (Lipinski definition) is 1. The minimum absolute atomic E-state index is 0.444. The highest BCUT2D eigenvalue weighted by molar-refractivity contribution is 9.10. The molecule has 0 radical (unpaired) electrons. The van der Waals surface area contributed by atoms with Gasteiger partial charge in [-0.1, -0.05) is 22.9 Å². The molecule has 0 aliphatic carbocycles. The van der Waals surface area contributed by atoms with E-state index in [9.17, 15) is 5.11 Å². The van der Waals surface area contributed by atoms with Gasteiger partial charge in [0, 0.05) is 21.0 Å². The average molecular weight is 331 g/mol. The molecule has 0 saturated carbocycles. The fourth-order valence-electron chi connectivity index (χ4n) is 2.44. The van der Waals surface area contributed by atoms with E-state index in [0.29, 0.717) is 18.5 Å². The molecule has 2 atom stereocenters. The maximum Gasteiger partial charge on any atom is 0.167 e. The van der Waals surface area contributed by atoms with E-state index in [2.05, 4.69) is 22.9 Å². The van der Waals surface area contributed by atoms with Crippen LogP contribution in [0.2, 0.25) is 0 Å². The molecular formula is C13H15BrO3S. The predicted octanol–water partition coefficient (Wildman–Crippen LogP) is 3.28. The van der Waals surface area contributed by atoms with Crippen LogP contribution in [0.1, 0.15) is 30.6 Å². The van der Waals surface area contributed by atoms with E-state index in [1.165, 1.54) is 0 Å². The van der Waals surface area contributed by atoms with Gasteiger partial charge in [-0.2, -0.15) is 11.8 Å². The minimum atomic E-state index is -0.474. The van der Waals surface area contributed by atoms with Gasteiger partial charge < -0.3 is 14.6 Å². The highest BCUT2D eigenvalue weighted by Crippen LogP contribution is 2.47. The summed E-state index contributed by atoms with van der Waals surface area (Å²) in [6.07, 6.45) is 0.280. The highest BCUT2D eigenvalue weighted by Gasteiger charge is 2.30. The molecule has 98 valence electrons. The summed E-state index contributed by atoms with van der Waals surface area (Å²) in [5.41, 5.74) is 2.05. The third-order valence-corrected chi connectivity index (χ3v) is 5.25. The van der Waals surface area contributed by atoms with E-state index in [4.69, 9.17) is 9.47 Å². The van der Waals surface area contributed by atoms with Crippen LogP contribution in [0, 0.1) is 0 Å². The lowest BCUT2D eigenvalue weighted by molar-refractivity contribution is 0.141. The van der Waals surface area contributed by atoms with Crippen molar-refractivity contribution >= 4 is 27.7 Å². The number of benzene rings is 1. The summed E-state index contributed by atoms with van der Waals surface area (Å²) in [4.78, 5) is 0. The third kappa shape index (κ3) is 2.12. The Morgan fingerprint density at radius 3 is 3.00 bits per heavy atom. The maximum atomic E-state index is 10.4. The fourth-order valence-corrected chi connectivity index (χ4v) is 4.27. The standard InChI is InChI=1S/C13H15BrO3S/c1-7-4-10(15)12-8(6-18-7)9(14)5-11-13(12)17-3-2-16-11/h5,7,10,15H,2-4,6H2,1H3/t7?,10-/m0/s1. The van der Waals surface area contributed by atoms with Crippen LogP contribution in [0.5, 0.6) is 11.5 Å². The van der Waals surface area contributed by atoms with Crippen LogP contribution in [0.3, 0.4) is 0 Å². The molecule has 18 heavy (non-hydrogen) atoms. The predicted molar refractivity (Wildman–Crippen MR) is 75.5 cm³/mol. The molecule has 0 aromatic heterocycles. The fraction of sp³-hybridized carbons (Fsp3) is 0.538. The van der Waals surface area contributed by atoms with Crippen LogP contribution in [-0.2, 0) is 5.75 Å². The monoisotopic (exact) mass is 330 g/mol. The van der Waals surface area contributed by atoms with Gasteiger partial charge in [0.25, 0.3) is 0 Å². The average Bonchev–Trinajstić information content (AvgIpc) is 2.49. The molecule has 2 aliphatic heterocycles. The molecule has 3 nitrogen and oxygen atoms in total. The number of aliphatic hydroxyl groups is 1. The van der Waals surface area contributed by atoms with E-state index in [1.807, 2.05) is 17.8 Å². The van der Waals surface area contributed by atoms with Gasteiger partial charge in [-0.3, -0.25) is 0 Å². The molecule has 2 aliphatic rings. The second-order valence-electron chi connectivity index (χ2n) is 4.65. The molecule has 0 bridgehead atoms. The largest absolute Gasteiger partial charge is 0.486 e. The smallest absolute Gasteiger partial charge is 0.167 e. The molecule has 1 N–H and O–H groups in total. The molecule has 2 heterocycles. The Balaban J connectivity index is 2.16. The Bertz CT molecular complexity index is 478. The lowest BCUT2D eigenvalue weighted by Gasteiger charge is -2.25. The van der Waals surface area contributed by atoms with Crippen LogP contribution in [0.4, 0.5) is 0 Å². The quantitative estimate of drug-likeness (QED) is 0.792. The lowest BCUT2D eigenvalue weighted by atomic mass is 9.98. The van der Waals surface area contributed by atoms with Gasteiger partial charge in [-0.25, -0.2) is 0 Å². The van der Waals surface area contributed by atoms with Crippen molar-refractivity contribution in [2.24, 2.45) is 0 Å². The van der Waals surface area contributed by atoms with Crippen LogP contribution in [0.25, 0.3) is 0 Å². The van der Waals surface area contributed by atoms with Crippen molar-refractivity contribution in [3.8, 4) is 11.5 Å². The van der Waals surface area contributed by atoms with Crippen LogP contribution < -0.4 is 9.47 Å². The number of rotatable bonds is 0. The normalized spacial score (nSPS) is 26.4. The third-order valence-electron chi connectivity index (χ3n) is 3.33. The zero-order chi connectivity index (χ0) is 12.7. The van der Waals surface area contributed by atoms with Gasteiger partial charge in [0.15, 0.2) is 11.5 Å². The second-order valence-corrected chi connectivity index (χ2v) is 6.93. The number of aliphatic hydroxyl groups excluding tert-OH is 1. The first-order valence-electron chi connectivity index (χ1n) is 6.07. The molecule has 0 amide bonds. The van der Waals surface area contributed by atoms with E-state index in [-0.39, 0.29) is 0 Å². The first kappa shape index (κ1) is 12.6. The zero-order valence-corrected chi connectivity index (χ0v) is 12.5. The summed E-state index contributed by atoms with van der Waals surface area (Å²) in [6.45, 7) is 3.27. The van der Waals surface area contributed by atoms with Gasteiger partial charge in [0.2, 0.25) is 0 Å². The summed E-state index contributed by atoms with van der Waals surface area (Å²) in [6, 6.07) is 1.95. The Kier molecular flexibility index (Phi) is 3.47. The molecule has 3 rings (SSSR count). The van der Waals surface area contributed by atoms with Gasteiger partial charge in [0.05, 0.1) is 6.10 Å². The molecule has 5 heteroatoms. The Morgan fingerprint density at radius 1 is 1.39 bits per heavy atom. The Hall–Kier alpha value is -0.390. The number of fused-ring (bicyclic) bond motifs is 3. The number of ether oxygens (including phenoxy) is 2. The van der Waals surface area contributed by atoms with Crippen molar-refractivity contribution in [1.82, 2.24) is 0 Å². The number of thioether (sulfide) groups is 1. The molecule has 1 aromatic carbocycles. The Labute approximate surface area is 119 Å². The van der Waals surface area contributed by atoms with Gasteiger partial charge in [-0.15, -0.1) is 0 Å². The highest BCUT2D eigenvalue weighted by atomic mass is 79.9. The van der Waals surface area contributed by atoms with Crippen molar-refractivity contribution < 1.29 is 14.6 Å². The SMILES string of the molecule is CC1C[C@H](O)c2c(c(Br)cc3c2OCCO3)CS1. The van der Waals surface area contributed by atoms with Crippen LogP contribution in [0.15, 0.2) is 10.5 Å². The van der Waals surface area contributed by atoms with Crippen molar-refractivity contribution in [1.29, 1.82) is 0 Å². The molecular weight excluding hydrogens is 316 g/mol. The topological polar surface area (TPSA) is 38.7 Å². The van der Waals surface area contributed by atoms with Crippen molar-refractivity contribution in [2.45, 2.75) is 30.5 Å². The number of halogens is 1. The maximum absolute atomic E-state index is 10.4. The molecule has 1 unspecified atom stereocenters. The van der Waals surface area contributed by atoms with E-state index in [1.54, 1.807) is 0 Å². The Morgan fingerprint density at radius 2 is 2.17 bits per heavy atom. The summed E-state index contributed by atoms with van der Waals surface area (Å²) >= 11 is 5.45. The first-order chi connectivity index (χ1) is 8.66. The van der Waals surface area contributed by atoms with Gasteiger partial charge >= 0.3 is 0 Å². The first-order valence-corrected chi connectivity index (χ1v) is 7.91. The summed E-state index contributed by atoms with van der Waals surface area (Å²) < 4.78 is 12.3. The minimum Gasteiger partial charge on any atom is -0.486 e. The van der Waals surface area contributed by atoms with Crippen molar-refractivity contribution in [2.75, 3.05) is 13.2 Å². The van der Waals surface area contributed by atoms with Crippen molar-refractivity contribution in [3.05, 3.63) is 21.7 Å².